The van der Waals surface area contributed by atoms with Crippen molar-refractivity contribution in [1.82, 2.24) is 69.1 Å². The van der Waals surface area contributed by atoms with Crippen LogP contribution < -0.4 is 80.6 Å². The molecule has 1 aliphatic rings. The third kappa shape index (κ3) is 30.3. The maximum atomic E-state index is 14.8. The summed E-state index contributed by atoms with van der Waals surface area (Å²) < 4.78 is 0. The molecule has 34 nitrogen and oxygen atoms in total. The maximum absolute atomic E-state index is 14.8. The van der Waals surface area contributed by atoms with E-state index in [2.05, 4.69) is 69.1 Å². The maximum Gasteiger partial charge on any atom is 0.305 e. The van der Waals surface area contributed by atoms with Crippen LogP contribution in [0, 0.1) is 5.41 Å². The molecule has 1 heterocycles. The van der Waals surface area contributed by atoms with Gasteiger partial charge >= 0.3 is 17.9 Å². The largest absolute Gasteiger partial charge is 0.481 e. The lowest BCUT2D eigenvalue weighted by molar-refractivity contribution is -0.141. The number of rotatable bonds is 31. The third-order valence-corrected chi connectivity index (χ3v) is 20.6. The Morgan fingerprint density at radius 1 is 0.609 bits per heavy atom. The second kappa shape index (κ2) is 44.4. The van der Waals surface area contributed by atoms with Crippen LogP contribution in [0.15, 0.2) is 91.0 Å². The lowest BCUT2D eigenvalue weighted by Crippen LogP contribution is -2.60. The average molecular weight is 1590 g/mol. The average Bonchev–Trinajstić information content (AvgIpc) is 0.824. The molecule has 0 aliphatic carbocycles. The molecule has 0 fully saturated rings. The van der Waals surface area contributed by atoms with Crippen LogP contribution in [0.1, 0.15) is 101 Å². The monoisotopic (exact) mass is 1590 g/mol. The highest BCUT2D eigenvalue weighted by Crippen LogP contribution is 2.26. The fourth-order valence-electron chi connectivity index (χ4n) is 11.3. The van der Waals surface area contributed by atoms with Gasteiger partial charge in [0.1, 0.15) is 60.7 Å². The van der Waals surface area contributed by atoms with Crippen molar-refractivity contribution in [2.24, 2.45) is 16.9 Å². The number of aldehydes is 1. The van der Waals surface area contributed by atoms with Crippen LogP contribution in [-0.2, 0) is 107 Å². The van der Waals surface area contributed by atoms with Crippen molar-refractivity contribution in [2.75, 3.05) is 31.4 Å². The van der Waals surface area contributed by atoms with E-state index in [4.69, 9.17) is 11.5 Å². The second-order valence-corrected chi connectivity index (χ2v) is 30.5. The van der Waals surface area contributed by atoms with E-state index in [1.165, 1.54) is 51.3 Å². The van der Waals surface area contributed by atoms with Gasteiger partial charge in [0.05, 0.1) is 43.6 Å². The molecule has 0 saturated heterocycles. The number of hydrogen-bond donors (Lipinski definition) is 18. The minimum Gasteiger partial charge on any atom is -0.481 e. The molecular formula is C73H99N15O19S3. The number of carboxylic acid groups (broad SMARTS) is 3. The Bertz CT molecular complexity index is 3960. The van der Waals surface area contributed by atoms with Gasteiger partial charge < -0.3 is 95.4 Å². The van der Waals surface area contributed by atoms with E-state index in [-0.39, 0.29) is 41.6 Å². The number of aliphatic carboxylic acids is 3. The number of likely N-dealkylation sites (N-methyl/N-ethyl adjacent to an activating group) is 1. The number of fused-ring (bicyclic) bond motifs is 3. The SMILES string of the molecule is CNC1CSCc2cc(CSCC(NC(=O)C(NC(=O)C(CC(=O)O)NC)C(C)(C)C)C(N)=O)cc(c2)CSCC(C(=O)NC(C)C(=O)NC(CC(=O)O)C(=O)NC(C=O)Cc2ccccc2)NC(=O)C(C)NC(=O)C(Cc2cccc3ccccc23)NC(=O)C(CCC(=O)O)NC(=O)C(CC(N)=O)NC(=O)C(C)N1. The van der Waals surface area contributed by atoms with Crippen LogP contribution in [0.4, 0.5) is 0 Å². The minimum atomic E-state index is -1.76. The van der Waals surface area contributed by atoms with Crippen molar-refractivity contribution < 1.29 is 92.0 Å². The summed E-state index contributed by atoms with van der Waals surface area (Å²) in [6.45, 7) is 8.94. The topological polar surface area (TPSA) is 542 Å². The van der Waals surface area contributed by atoms with Crippen LogP contribution in [0.2, 0.25) is 0 Å². The van der Waals surface area contributed by atoms with E-state index in [1.54, 1.807) is 101 Å². The van der Waals surface area contributed by atoms with E-state index in [1.807, 2.05) is 18.2 Å². The normalized spacial score (nSPS) is 20.4. The second-order valence-electron chi connectivity index (χ2n) is 27.4. The molecule has 20 N–H and O–H groups in total. The van der Waals surface area contributed by atoms with Gasteiger partial charge in [0.25, 0.3) is 0 Å². The molecule has 1 aliphatic heterocycles. The molecule has 110 heavy (non-hydrogen) atoms. The highest BCUT2D eigenvalue weighted by Gasteiger charge is 2.39. The Morgan fingerprint density at radius 3 is 1.79 bits per heavy atom. The number of carbonyl (C=O) groups is 16. The molecule has 4 aromatic rings. The summed E-state index contributed by atoms with van der Waals surface area (Å²) in [7, 11) is 3.00. The number of thioether (sulfide) groups is 3. The molecule has 4 aromatic carbocycles. The molecule has 37 heteroatoms. The van der Waals surface area contributed by atoms with Crippen molar-refractivity contribution in [3.8, 4) is 0 Å². The number of benzene rings is 4. The lowest BCUT2D eigenvalue weighted by Gasteiger charge is -2.32. The van der Waals surface area contributed by atoms with Crippen molar-refractivity contribution in [3.63, 3.8) is 0 Å². The minimum absolute atomic E-state index is 0.0266. The Hall–Kier alpha value is -10.2. The lowest BCUT2D eigenvalue weighted by atomic mass is 9.85. The van der Waals surface area contributed by atoms with Crippen LogP contribution in [0.5, 0.6) is 0 Å². The molecule has 0 saturated carbocycles. The first-order valence-corrected chi connectivity index (χ1v) is 38.6. The summed E-state index contributed by atoms with van der Waals surface area (Å²) in [4.78, 5) is 215. The Kier molecular flexibility index (Phi) is 36.5. The van der Waals surface area contributed by atoms with Gasteiger partial charge in [0.15, 0.2) is 0 Å². The molecule has 13 atom stereocenters. The van der Waals surface area contributed by atoms with E-state index < -0.39 is 205 Å². The van der Waals surface area contributed by atoms with Crippen molar-refractivity contribution in [3.05, 3.63) is 119 Å². The summed E-state index contributed by atoms with van der Waals surface area (Å²) >= 11 is 3.74. The molecule has 13 unspecified atom stereocenters. The highest BCUT2D eigenvalue weighted by molar-refractivity contribution is 7.99. The zero-order valence-electron chi connectivity index (χ0n) is 62.2. The molecule has 0 spiro atoms. The van der Waals surface area contributed by atoms with Crippen LogP contribution in [0.25, 0.3) is 10.8 Å². The quantitative estimate of drug-likeness (QED) is 0.0254. The number of carbonyl (C=O) groups excluding carboxylic acids is 13. The Labute approximate surface area is 648 Å². The van der Waals surface area contributed by atoms with E-state index >= 15 is 0 Å². The molecule has 0 radical (unpaired) electrons. The molecule has 5 rings (SSSR count). The standard InChI is InChI=1S/C73H99N15O19S3/c1-38-63(98)83-52(28-56(74)90)70(105)82-49(21-22-58(91)92)66(101)85-51(27-46-19-14-18-45-17-12-13-20-48(45)46)68(103)79-40(3)65(100)87-55(71(106)80-39(2)64(99)84-53(30-60(95)96)69(104)81-47(31-89)26-41-15-10-9-11-16-41)36-109-33-43-23-42(24-44(25-43)34-110-37-57(77-8)78-38)32-108-35-54(62(75)97)86-72(107)61(73(4,5)6)88-67(102)50(76-7)29-59(93)94/h9-20,23-25,31,38-40,47,49-55,57,61,76-78H,21-22,26-30,32-37H2,1-8H3,(H2,74,90)(H2,75,97)(H,79,103)(H,80,106)(H,81,104)(H,82,105)(H,83,98)(H,84,99)(H,85,101)(H,86,107)(H,87,100)(H,88,102)(H,91,92)(H,93,94)(H,95,96). The van der Waals surface area contributed by atoms with Gasteiger partial charge in [-0.15, -0.1) is 0 Å². The van der Waals surface area contributed by atoms with Crippen molar-refractivity contribution >= 4 is 141 Å². The van der Waals surface area contributed by atoms with E-state index in [0.29, 0.717) is 39.7 Å². The van der Waals surface area contributed by atoms with Gasteiger partial charge in [-0.1, -0.05) is 112 Å². The van der Waals surface area contributed by atoms with Crippen LogP contribution in [0.3, 0.4) is 0 Å². The third-order valence-electron chi connectivity index (χ3n) is 17.3. The first kappa shape index (κ1) is 90.4. The predicted molar refractivity (Wildman–Crippen MR) is 412 cm³/mol. The van der Waals surface area contributed by atoms with Gasteiger partial charge in [-0.25, -0.2) is 0 Å². The molecule has 0 aromatic heterocycles. The van der Waals surface area contributed by atoms with Gasteiger partial charge in [-0.05, 0) is 91.7 Å². The Morgan fingerprint density at radius 2 is 1.18 bits per heavy atom. The van der Waals surface area contributed by atoms with Gasteiger partial charge in [0.2, 0.25) is 70.9 Å². The van der Waals surface area contributed by atoms with E-state index in [9.17, 15) is 92.0 Å². The van der Waals surface area contributed by atoms with Gasteiger partial charge in [0, 0.05) is 47.4 Å². The summed E-state index contributed by atoms with van der Waals surface area (Å²) in [5.74, 6) is -15.2. The van der Waals surface area contributed by atoms with Crippen LogP contribution in [-0.4, -0.2) is 220 Å². The summed E-state index contributed by atoms with van der Waals surface area (Å²) in [5, 5.41) is 64.5. The molecule has 2 bridgehead atoms. The summed E-state index contributed by atoms with van der Waals surface area (Å²) in [6, 6.07) is 8.92. The number of hydrogen-bond acceptors (Lipinski definition) is 22. The number of primary amides is 2. The van der Waals surface area contributed by atoms with Gasteiger partial charge in [-0.2, -0.15) is 35.3 Å². The fraction of sp³-hybridized carbons (Fsp3) is 0.479. The van der Waals surface area contributed by atoms with Gasteiger partial charge in [-0.3, -0.25) is 77.2 Å². The number of carboxylic acids is 3. The number of nitrogens with two attached hydrogens (primary N) is 2. The summed E-state index contributed by atoms with van der Waals surface area (Å²) in [5.41, 5.74) is 13.7. The molecule has 12 amide bonds. The smallest absolute Gasteiger partial charge is 0.305 e. The first-order valence-electron chi connectivity index (χ1n) is 35.2. The molecular weight excluding hydrogens is 1490 g/mol. The number of amides is 12. The fourth-order valence-corrected chi connectivity index (χ4v) is 14.3. The highest BCUT2D eigenvalue weighted by atomic mass is 32.2. The predicted octanol–water partition coefficient (Wildman–Crippen LogP) is -1.54. The molecule has 598 valence electrons. The zero-order chi connectivity index (χ0) is 81.5. The number of nitrogens with one attached hydrogen (secondary N) is 13. The summed E-state index contributed by atoms with van der Waals surface area (Å²) in [6.07, 6.45) is -4.02. The first-order chi connectivity index (χ1) is 52.0. The van der Waals surface area contributed by atoms with Crippen molar-refractivity contribution in [1.29, 1.82) is 0 Å². The van der Waals surface area contributed by atoms with Crippen LogP contribution >= 0.6 is 35.3 Å². The zero-order valence-corrected chi connectivity index (χ0v) is 64.6. The Balaban J connectivity index is 1.55. The van der Waals surface area contributed by atoms with Crippen molar-refractivity contribution in [2.45, 2.75) is 182 Å². The van der Waals surface area contributed by atoms with E-state index in [0.717, 1.165) is 22.7 Å².